The Bertz CT molecular complexity index is 956. The average Bonchev–Trinajstić information content (AvgIpc) is 2.69. The molecule has 0 saturated carbocycles. The van der Waals surface area contributed by atoms with Crippen LogP contribution in [0, 0.1) is 0 Å². The number of ether oxygens (including phenoxy) is 1. The van der Waals surface area contributed by atoms with Gasteiger partial charge < -0.3 is 10.1 Å². The van der Waals surface area contributed by atoms with Crippen molar-refractivity contribution in [2.75, 3.05) is 11.9 Å². The molecule has 3 rings (SSSR count). The first-order valence-electron chi connectivity index (χ1n) is 8.42. The lowest BCUT2D eigenvalue weighted by Gasteiger charge is -2.10. The summed E-state index contributed by atoms with van der Waals surface area (Å²) < 4.78 is 43.6. The van der Waals surface area contributed by atoms with E-state index in [1.807, 2.05) is 6.92 Å². The number of nitrogens with zero attached hydrogens (tertiary/aromatic N) is 2. The molecule has 0 aliphatic heterocycles. The third kappa shape index (κ3) is 4.64. The van der Waals surface area contributed by atoms with Crippen molar-refractivity contribution in [1.29, 1.82) is 0 Å². The van der Waals surface area contributed by atoms with Crippen LogP contribution in [0.2, 0.25) is 0 Å². The van der Waals surface area contributed by atoms with E-state index in [0.717, 1.165) is 17.7 Å². The Morgan fingerprint density at radius 2 is 1.79 bits per heavy atom. The minimum absolute atomic E-state index is 0.0729. The van der Waals surface area contributed by atoms with Gasteiger partial charge in [0.2, 0.25) is 5.88 Å². The number of carbonyl (C=O) groups excluding carboxylic acids is 1. The maximum absolute atomic E-state index is 12.8. The van der Waals surface area contributed by atoms with Crippen LogP contribution < -0.4 is 10.1 Å². The van der Waals surface area contributed by atoms with Gasteiger partial charge in [0, 0.05) is 22.9 Å². The van der Waals surface area contributed by atoms with Crippen LogP contribution in [0.1, 0.15) is 22.8 Å². The van der Waals surface area contributed by atoms with Crippen molar-refractivity contribution in [2.24, 2.45) is 0 Å². The molecule has 0 bridgehead atoms. The molecule has 0 atom stereocenters. The van der Waals surface area contributed by atoms with Crippen LogP contribution in [0.3, 0.4) is 0 Å². The number of hydrogen-bond acceptors (Lipinski definition) is 4. The van der Waals surface area contributed by atoms with Crippen molar-refractivity contribution < 1.29 is 22.7 Å². The molecule has 0 spiro atoms. The minimum Gasteiger partial charge on any atom is -0.477 e. The smallest absolute Gasteiger partial charge is 0.416 e. The van der Waals surface area contributed by atoms with Crippen LogP contribution >= 0.6 is 0 Å². The quantitative estimate of drug-likeness (QED) is 0.682. The monoisotopic (exact) mass is 387 g/mol. The molecule has 0 unspecified atom stereocenters. The maximum atomic E-state index is 12.8. The fraction of sp³-hybridized carbons (Fsp3) is 0.150. The number of halogens is 3. The van der Waals surface area contributed by atoms with E-state index >= 15 is 0 Å². The van der Waals surface area contributed by atoms with Crippen molar-refractivity contribution in [1.82, 2.24) is 10.2 Å². The second kappa shape index (κ2) is 8.08. The fourth-order valence-electron chi connectivity index (χ4n) is 2.46. The van der Waals surface area contributed by atoms with Crippen LogP contribution in [0.4, 0.5) is 18.9 Å². The zero-order chi connectivity index (χ0) is 20.1. The Morgan fingerprint density at radius 3 is 2.39 bits per heavy atom. The number of aromatic nitrogens is 2. The molecule has 0 aliphatic carbocycles. The highest BCUT2D eigenvalue weighted by Gasteiger charge is 2.30. The number of hydrogen-bond donors (Lipinski definition) is 1. The van der Waals surface area contributed by atoms with Crippen LogP contribution in [0.5, 0.6) is 5.88 Å². The predicted octanol–water partition coefficient (Wildman–Crippen LogP) is 4.81. The van der Waals surface area contributed by atoms with Gasteiger partial charge in [0.05, 0.1) is 17.9 Å². The Hall–Kier alpha value is -3.42. The molecule has 5 nitrogen and oxygen atoms in total. The summed E-state index contributed by atoms with van der Waals surface area (Å²) in [4.78, 5) is 12.2. The number of alkyl halides is 3. The van der Waals surface area contributed by atoms with Crippen molar-refractivity contribution in [3.63, 3.8) is 0 Å². The summed E-state index contributed by atoms with van der Waals surface area (Å²) in [6, 6.07) is 14.5. The second-order valence-corrected chi connectivity index (χ2v) is 5.80. The summed E-state index contributed by atoms with van der Waals surface area (Å²) in [5, 5.41) is 10.6. The summed E-state index contributed by atoms with van der Waals surface area (Å²) in [5.41, 5.74) is 0.901. The number of amides is 1. The average molecular weight is 387 g/mol. The number of nitrogens with one attached hydrogen (secondary N) is 1. The Balaban J connectivity index is 1.71. The Labute approximate surface area is 159 Å². The van der Waals surface area contributed by atoms with Crippen LogP contribution in [0.25, 0.3) is 11.3 Å². The van der Waals surface area contributed by atoms with E-state index in [1.54, 1.807) is 36.4 Å². The fourth-order valence-corrected chi connectivity index (χ4v) is 2.46. The van der Waals surface area contributed by atoms with E-state index in [-0.39, 0.29) is 5.56 Å². The van der Waals surface area contributed by atoms with E-state index in [1.165, 1.54) is 12.1 Å². The molecule has 2 aromatic carbocycles. The molecule has 1 amide bonds. The molecule has 1 aromatic heterocycles. The summed E-state index contributed by atoms with van der Waals surface area (Å²) in [6.07, 6.45) is -4.50. The van der Waals surface area contributed by atoms with Gasteiger partial charge in [-0.25, -0.2) is 0 Å². The molecule has 0 fully saturated rings. The lowest BCUT2D eigenvalue weighted by molar-refractivity contribution is -0.137. The van der Waals surface area contributed by atoms with E-state index in [0.29, 0.717) is 23.9 Å². The minimum atomic E-state index is -4.50. The molecule has 0 aliphatic rings. The summed E-state index contributed by atoms with van der Waals surface area (Å²) in [7, 11) is 0. The molecule has 0 radical (unpaired) electrons. The third-order valence-electron chi connectivity index (χ3n) is 3.82. The van der Waals surface area contributed by atoms with Gasteiger partial charge in [0.25, 0.3) is 5.91 Å². The molecule has 28 heavy (non-hydrogen) atoms. The number of anilines is 1. The van der Waals surface area contributed by atoms with Gasteiger partial charge in [-0.2, -0.15) is 13.2 Å². The summed E-state index contributed by atoms with van der Waals surface area (Å²) >= 11 is 0. The van der Waals surface area contributed by atoms with Crippen LogP contribution in [-0.4, -0.2) is 22.7 Å². The highest BCUT2D eigenvalue weighted by atomic mass is 19.4. The third-order valence-corrected chi connectivity index (χ3v) is 3.82. The van der Waals surface area contributed by atoms with E-state index < -0.39 is 17.6 Å². The standard InChI is InChI=1S/C20H16F3N3O2/c1-2-28-18-11-10-17(25-26-18)13-6-8-16(9-7-13)24-19(27)14-4-3-5-15(12-14)20(21,22)23/h3-12H,2H2,1H3,(H,24,27). The zero-order valence-corrected chi connectivity index (χ0v) is 14.8. The second-order valence-electron chi connectivity index (χ2n) is 5.80. The summed E-state index contributed by atoms with van der Waals surface area (Å²) in [6.45, 7) is 2.34. The van der Waals surface area contributed by atoms with Crippen molar-refractivity contribution in [2.45, 2.75) is 13.1 Å². The maximum Gasteiger partial charge on any atom is 0.416 e. The number of rotatable bonds is 5. The first kappa shape index (κ1) is 19.3. The molecular formula is C20H16F3N3O2. The molecule has 1 heterocycles. The highest BCUT2D eigenvalue weighted by Crippen LogP contribution is 2.29. The normalized spacial score (nSPS) is 11.1. The lowest BCUT2D eigenvalue weighted by atomic mass is 10.1. The molecule has 3 aromatic rings. The van der Waals surface area contributed by atoms with Gasteiger partial charge in [0.1, 0.15) is 0 Å². The molecule has 144 valence electrons. The van der Waals surface area contributed by atoms with Crippen LogP contribution in [0.15, 0.2) is 60.7 Å². The first-order valence-corrected chi connectivity index (χ1v) is 8.42. The van der Waals surface area contributed by atoms with Gasteiger partial charge in [-0.1, -0.05) is 18.2 Å². The van der Waals surface area contributed by atoms with Crippen molar-refractivity contribution >= 4 is 11.6 Å². The number of carbonyl (C=O) groups is 1. The largest absolute Gasteiger partial charge is 0.477 e. The SMILES string of the molecule is CCOc1ccc(-c2ccc(NC(=O)c3cccc(C(F)(F)F)c3)cc2)nn1. The van der Waals surface area contributed by atoms with Gasteiger partial charge in [-0.3, -0.25) is 4.79 Å². The number of benzene rings is 2. The van der Waals surface area contributed by atoms with Gasteiger partial charge >= 0.3 is 6.18 Å². The van der Waals surface area contributed by atoms with E-state index in [2.05, 4.69) is 15.5 Å². The zero-order valence-electron chi connectivity index (χ0n) is 14.8. The molecule has 0 saturated heterocycles. The van der Waals surface area contributed by atoms with E-state index in [9.17, 15) is 18.0 Å². The van der Waals surface area contributed by atoms with Crippen LogP contribution in [-0.2, 0) is 6.18 Å². The molecular weight excluding hydrogens is 371 g/mol. The Morgan fingerprint density at radius 1 is 1.04 bits per heavy atom. The predicted molar refractivity (Wildman–Crippen MR) is 98.0 cm³/mol. The first-order chi connectivity index (χ1) is 13.4. The van der Waals surface area contributed by atoms with Gasteiger partial charge in [-0.05, 0) is 43.3 Å². The Kier molecular flexibility index (Phi) is 5.58. The van der Waals surface area contributed by atoms with Crippen molar-refractivity contribution in [3.05, 3.63) is 71.8 Å². The highest BCUT2D eigenvalue weighted by molar-refractivity contribution is 6.04. The molecule has 1 N–H and O–H groups in total. The van der Waals surface area contributed by atoms with Gasteiger partial charge in [-0.15, -0.1) is 10.2 Å². The summed E-state index contributed by atoms with van der Waals surface area (Å²) in [5.74, 6) is -0.198. The van der Waals surface area contributed by atoms with E-state index in [4.69, 9.17) is 4.74 Å². The lowest BCUT2D eigenvalue weighted by Crippen LogP contribution is -2.13. The topological polar surface area (TPSA) is 64.1 Å². The molecule has 8 heteroatoms. The van der Waals surface area contributed by atoms with Crippen molar-refractivity contribution in [3.8, 4) is 17.1 Å². The van der Waals surface area contributed by atoms with Gasteiger partial charge in [0.15, 0.2) is 0 Å².